The Hall–Kier alpha value is -3.40. The second kappa shape index (κ2) is 5.56. The van der Waals surface area contributed by atoms with Crippen molar-refractivity contribution in [3.8, 4) is 0 Å². The third-order valence-corrected chi connectivity index (χ3v) is 4.57. The Bertz CT molecular complexity index is 1290. The number of fused-ring (bicyclic) bond motifs is 5. The molecule has 0 aliphatic heterocycles. The summed E-state index contributed by atoms with van der Waals surface area (Å²) in [4.78, 5) is 0. The largest absolute Gasteiger partial charge is 0.456 e. The number of rotatable bonds is 2. The SMILES string of the molecule is Fc1ccc(Nc2ccc3c(c2)oc2ccc4ccccc4c23)c(F)c1. The average molecular weight is 345 g/mol. The molecule has 0 amide bonds. The molecule has 4 heteroatoms. The summed E-state index contributed by atoms with van der Waals surface area (Å²) >= 11 is 0. The molecule has 126 valence electrons. The first-order valence-corrected chi connectivity index (χ1v) is 8.25. The zero-order valence-electron chi connectivity index (χ0n) is 13.6. The van der Waals surface area contributed by atoms with Crippen molar-refractivity contribution in [2.24, 2.45) is 0 Å². The van der Waals surface area contributed by atoms with Gasteiger partial charge in [0.25, 0.3) is 0 Å². The van der Waals surface area contributed by atoms with Crippen LogP contribution in [0.2, 0.25) is 0 Å². The maximum atomic E-state index is 13.9. The molecule has 1 heterocycles. The van der Waals surface area contributed by atoms with Crippen molar-refractivity contribution in [2.75, 3.05) is 5.32 Å². The van der Waals surface area contributed by atoms with Crippen LogP contribution in [-0.4, -0.2) is 0 Å². The van der Waals surface area contributed by atoms with E-state index in [4.69, 9.17) is 4.42 Å². The van der Waals surface area contributed by atoms with Crippen LogP contribution in [0.3, 0.4) is 0 Å². The lowest BCUT2D eigenvalue weighted by molar-refractivity contribution is 0.586. The maximum absolute atomic E-state index is 13.9. The lowest BCUT2D eigenvalue weighted by atomic mass is 10.0. The molecule has 0 bridgehead atoms. The highest BCUT2D eigenvalue weighted by Gasteiger charge is 2.11. The first-order valence-electron chi connectivity index (χ1n) is 8.25. The van der Waals surface area contributed by atoms with E-state index in [0.717, 1.165) is 33.2 Å². The summed E-state index contributed by atoms with van der Waals surface area (Å²) in [5, 5.41) is 7.32. The van der Waals surface area contributed by atoms with Gasteiger partial charge in [-0.3, -0.25) is 0 Å². The third-order valence-electron chi connectivity index (χ3n) is 4.57. The smallest absolute Gasteiger partial charge is 0.149 e. The molecular formula is C22H13F2NO. The van der Waals surface area contributed by atoms with Crippen molar-refractivity contribution >= 4 is 44.1 Å². The molecule has 0 atom stereocenters. The summed E-state index contributed by atoms with van der Waals surface area (Å²) in [5.41, 5.74) is 2.41. The standard InChI is InChI=1S/C22H13F2NO/c23-14-6-9-19(18(24)11-14)25-15-7-8-17-21(12-15)26-20-10-5-13-3-1-2-4-16(13)22(17)20/h1-12,25H. The van der Waals surface area contributed by atoms with Gasteiger partial charge in [0.05, 0.1) is 5.69 Å². The van der Waals surface area contributed by atoms with Crippen molar-refractivity contribution in [3.63, 3.8) is 0 Å². The number of nitrogens with one attached hydrogen (secondary N) is 1. The van der Waals surface area contributed by atoms with Crippen LogP contribution in [0.15, 0.2) is 77.2 Å². The molecule has 0 radical (unpaired) electrons. The van der Waals surface area contributed by atoms with Crippen LogP contribution in [0, 0.1) is 11.6 Å². The van der Waals surface area contributed by atoms with E-state index in [9.17, 15) is 8.78 Å². The minimum Gasteiger partial charge on any atom is -0.456 e. The molecular weight excluding hydrogens is 332 g/mol. The highest BCUT2D eigenvalue weighted by molar-refractivity contribution is 6.19. The zero-order valence-corrected chi connectivity index (χ0v) is 13.6. The third kappa shape index (κ3) is 2.30. The summed E-state index contributed by atoms with van der Waals surface area (Å²) in [5.74, 6) is -1.24. The van der Waals surface area contributed by atoms with E-state index in [1.54, 1.807) is 0 Å². The Morgan fingerprint density at radius 2 is 1.62 bits per heavy atom. The Labute approximate surface area is 147 Å². The fourth-order valence-corrected chi connectivity index (χ4v) is 3.37. The second-order valence-electron chi connectivity index (χ2n) is 6.22. The van der Waals surface area contributed by atoms with Gasteiger partial charge in [0.2, 0.25) is 0 Å². The van der Waals surface area contributed by atoms with Crippen molar-refractivity contribution in [1.29, 1.82) is 0 Å². The van der Waals surface area contributed by atoms with Gasteiger partial charge in [-0.15, -0.1) is 0 Å². The van der Waals surface area contributed by atoms with Crippen molar-refractivity contribution in [3.05, 3.63) is 84.4 Å². The molecule has 2 nitrogen and oxygen atoms in total. The van der Waals surface area contributed by atoms with E-state index >= 15 is 0 Å². The second-order valence-corrected chi connectivity index (χ2v) is 6.22. The summed E-state index contributed by atoms with van der Waals surface area (Å²) in [6.45, 7) is 0. The predicted molar refractivity (Wildman–Crippen MR) is 101 cm³/mol. The molecule has 0 saturated carbocycles. The van der Waals surface area contributed by atoms with E-state index in [-0.39, 0.29) is 5.69 Å². The summed E-state index contributed by atoms with van der Waals surface area (Å²) in [6, 6.07) is 21.3. The Kier molecular flexibility index (Phi) is 3.19. The molecule has 0 spiro atoms. The van der Waals surface area contributed by atoms with Crippen LogP contribution in [0.25, 0.3) is 32.7 Å². The highest BCUT2D eigenvalue weighted by atomic mass is 19.1. The van der Waals surface area contributed by atoms with Crippen molar-refractivity contribution < 1.29 is 13.2 Å². The van der Waals surface area contributed by atoms with E-state index in [2.05, 4.69) is 17.4 Å². The molecule has 0 fully saturated rings. The van der Waals surface area contributed by atoms with Gasteiger partial charge in [-0.2, -0.15) is 0 Å². The Morgan fingerprint density at radius 1 is 0.731 bits per heavy atom. The molecule has 0 aliphatic carbocycles. The molecule has 1 N–H and O–H groups in total. The van der Waals surface area contributed by atoms with Gasteiger partial charge in [0, 0.05) is 28.6 Å². The molecule has 1 aromatic heterocycles. The average Bonchev–Trinajstić information content (AvgIpc) is 3.02. The summed E-state index contributed by atoms with van der Waals surface area (Å²) in [7, 11) is 0. The first-order chi connectivity index (χ1) is 12.7. The topological polar surface area (TPSA) is 25.2 Å². The number of benzene rings is 4. The number of furan rings is 1. The summed E-state index contributed by atoms with van der Waals surface area (Å²) < 4.78 is 32.9. The molecule has 26 heavy (non-hydrogen) atoms. The van der Waals surface area contributed by atoms with Gasteiger partial charge in [-0.05, 0) is 41.1 Å². The molecule has 0 aliphatic rings. The Morgan fingerprint density at radius 3 is 2.50 bits per heavy atom. The monoisotopic (exact) mass is 345 g/mol. The van der Waals surface area contributed by atoms with Crippen LogP contribution in [-0.2, 0) is 0 Å². The number of halogens is 2. The minimum atomic E-state index is -0.638. The lowest BCUT2D eigenvalue weighted by Gasteiger charge is -2.07. The van der Waals surface area contributed by atoms with Crippen LogP contribution in [0.5, 0.6) is 0 Å². The molecule has 0 saturated heterocycles. The fraction of sp³-hybridized carbons (Fsp3) is 0. The lowest BCUT2D eigenvalue weighted by Crippen LogP contribution is -1.94. The normalized spacial score (nSPS) is 11.5. The fourth-order valence-electron chi connectivity index (χ4n) is 3.37. The van der Waals surface area contributed by atoms with E-state index in [0.29, 0.717) is 11.3 Å². The number of hydrogen-bond donors (Lipinski definition) is 1. The molecule has 0 unspecified atom stereocenters. The number of anilines is 2. The van der Waals surface area contributed by atoms with E-state index in [1.807, 2.05) is 42.5 Å². The number of hydrogen-bond acceptors (Lipinski definition) is 2. The first kappa shape index (κ1) is 14.9. The van der Waals surface area contributed by atoms with Gasteiger partial charge in [-0.1, -0.05) is 30.3 Å². The van der Waals surface area contributed by atoms with Crippen LogP contribution in [0.4, 0.5) is 20.2 Å². The van der Waals surface area contributed by atoms with Crippen LogP contribution < -0.4 is 5.32 Å². The maximum Gasteiger partial charge on any atom is 0.149 e. The van der Waals surface area contributed by atoms with Gasteiger partial charge in [0.15, 0.2) is 0 Å². The highest BCUT2D eigenvalue weighted by Crippen LogP contribution is 2.36. The van der Waals surface area contributed by atoms with Crippen LogP contribution >= 0.6 is 0 Å². The predicted octanol–water partition coefficient (Wildman–Crippen LogP) is 6.76. The Balaban J connectivity index is 1.66. The molecule has 5 rings (SSSR count). The van der Waals surface area contributed by atoms with Gasteiger partial charge >= 0.3 is 0 Å². The van der Waals surface area contributed by atoms with Gasteiger partial charge in [-0.25, -0.2) is 8.78 Å². The van der Waals surface area contributed by atoms with Gasteiger partial charge < -0.3 is 9.73 Å². The van der Waals surface area contributed by atoms with Crippen molar-refractivity contribution in [1.82, 2.24) is 0 Å². The van der Waals surface area contributed by atoms with E-state index < -0.39 is 11.6 Å². The van der Waals surface area contributed by atoms with Crippen molar-refractivity contribution in [2.45, 2.75) is 0 Å². The minimum absolute atomic E-state index is 0.215. The van der Waals surface area contributed by atoms with Crippen LogP contribution in [0.1, 0.15) is 0 Å². The quantitative estimate of drug-likeness (QED) is 0.382. The molecule has 4 aromatic carbocycles. The van der Waals surface area contributed by atoms with E-state index in [1.165, 1.54) is 12.1 Å². The zero-order chi connectivity index (χ0) is 17.7. The summed E-state index contributed by atoms with van der Waals surface area (Å²) in [6.07, 6.45) is 0. The molecule has 5 aromatic rings. The van der Waals surface area contributed by atoms with Gasteiger partial charge in [0.1, 0.15) is 22.8 Å².